The summed E-state index contributed by atoms with van der Waals surface area (Å²) in [4.78, 5) is 19.4. The summed E-state index contributed by atoms with van der Waals surface area (Å²) in [5, 5.41) is 2.76. The number of carbonyl (C=O) groups is 1. The molecule has 0 spiro atoms. The molecular weight excluding hydrogens is 278 g/mol. The molecule has 0 saturated heterocycles. The van der Waals surface area contributed by atoms with Crippen molar-refractivity contribution in [2.75, 3.05) is 19.0 Å². The van der Waals surface area contributed by atoms with Crippen molar-refractivity contribution in [1.29, 1.82) is 0 Å². The van der Waals surface area contributed by atoms with E-state index in [1.807, 2.05) is 36.4 Å². The second-order valence-electron chi connectivity index (χ2n) is 5.16. The summed E-state index contributed by atoms with van der Waals surface area (Å²) in [5.74, 6) is 0.643. The molecule has 2 N–H and O–H groups in total. The Morgan fingerprint density at radius 2 is 2.00 bits per heavy atom. The van der Waals surface area contributed by atoms with Crippen molar-refractivity contribution in [3.63, 3.8) is 0 Å². The highest BCUT2D eigenvalue weighted by atomic mass is 16.5. The summed E-state index contributed by atoms with van der Waals surface area (Å²) in [6, 6.07) is 13.7. The minimum Gasteiger partial charge on any atom is -0.375 e. The van der Waals surface area contributed by atoms with Gasteiger partial charge in [-0.2, -0.15) is 0 Å². The lowest BCUT2D eigenvalue weighted by Crippen LogP contribution is -2.16. The van der Waals surface area contributed by atoms with Gasteiger partial charge in [0.25, 0.3) is 0 Å². The number of benzene rings is 2. The van der Waals surface area contributed by atoms with Crippen molar-refractivity contribution in [1.82, 2.24) is 9.97 Å². The van der Waals surface area contributed by atoms with E-state index in [-0.39, 0.29) is 12.5 Å². The number of nitrogens with zero attached hydrogens (tertiary/aromatic N) is 1. The fraction of sp³-hybridized carbons (Fsp3) is 0.176. The third kappa shape index (κ3) is 2.99. The number of anilines is 1. The Morgan fingerprint density at radius 1 is 1.23 bits per heavy atom. The number of aryl methyl sites for hydroxylation is 1. The molecular formula is C17H17N3O2. The molecule has 0 aliphatic rings. The smallest absolute Gasteiger partial charge is 0.250 e. The molecule has 3 aromatic rings. The van der Waals surface area contributed by atoms with E-state index in [9.17, 15) is 4.79 Å². The van der Waals surface area contributed by atoms with Crippen LogP contribution in [0, 0.1) is 6.92 Å². The van der Waals surface area contributed by atoms with Crippen molar-refractivity contribution in [3.05, 3.63) is 48.0 Å². The van der Waals surface area contributed by atoms with Crippen LogP contribution in [-0.2, 0) is 9.53 Å². The molecule has 3 rings (SSSR count). The molecule has 0 aliphatic carbocycles. The first-order chi connectivity index (χ1) is 10.7. The Bertz CT molecular complexity index is 806. The number of methoxy groups -OCH3 is 1. The number of nitrogens with one attached hydrogen (secondary N) is 2. The van der Waals surface area contributed by atoms with Crippen LogP contribution in [0.25, 0.3) is 22.4 Å². The normalized spacial score (nSPS) is 10.8. The van der Waals surface area contributed by atoms with Gasteiger partial charge in [0.05, 0.1) is 11.0 Å². The molecule has 0 fully saturated rings. The van der Waals surface area contributed by atoms with Crippen molar-refractivity contribution in [2.45, 2.75) is 6.92 Å². The van der Waals surface area contributed by atoms with E-state index in [0.717, 1.165) is 28.1 Å². The highest BCUT2D eigenvalue weighted by Gasteiger charge is 2.06. The van der Waals surface area contributed by atoms with Crippen LogP contribution in [0.4, 0.5) is 5.69 Å². The van der Waals surface area contributed by atoms with E-state index in [2.05, 4.69) is 28.3 Å². The number of ether oxygens (including phenoxy) is 1. The van der Waals surface area contributed by atoms with Crippen molar-refractivity contribution >= 4 is 22.6 Å². The van der Waals surface area contributed by atoms with Crippen LogP contribution in [-0.4, -0.2) is 29.6 Å². The Kier molecular flexibility index (Phi) is 3.89. The average Bonchev–Trinajstić information content (AvgIpc) is 2.91. The summed E-state index contributed by atoms with van der Waals surface area (Å²) in [6.07, 6.45) is 0. The van der Waals surface area contributed by atoms with Gasteiger partial charge < -0.3 is 15.0 Å². The number of amides is 1. The van der Waals surface area contributed by atoms with E-state index >= 15 is 0 Å². The molecule has 1 heterocycles. The second-order valence-corrected chi connectivity index (χ2v) is 5.16. The molecule has 2 aromatic carbocycles. The van der Waals surface area contributed by atoms with Crippen LogP contribution >= 0.6 is 0 Å². The van der Waals surface area contributed by atoms with Gasteiger partial charge in [-0.25, -0.2) is 4.98 Å². The first kappa shape index (κ1) is 14.3. The van der Waals surface area contributed by atoms with Gasteiger partial charge in [-0.05, 0) is 48.9 Å². The molecule has 22 heavy (non-hydrogen) atoms. The Balaban J connectivity index is 1.83. The van der Waals surface area contributed by atoms with Crippen LogP contribution in [0.3, 0.4) is 0 Å². The van der Waals surface area contributed by atoms with E-state index in [0.29, 0.717) is 0 Å². The van der Waals surface area contributed by atoms with E-state index < -0.39 is 0 Å². The van der Waals surface area contributed by atoms with Gasteiger partial charge in [0, 0.05) is 18.4 Å². The molecule has 1 amide bonds. The number of hydrogen-bond donors (Lipinski definition) is 2. The number of hydrogen-bond acceptors (Lipinski definition) is 3. The van der Waals surface area contributed by atoms with E-state index in [1.165, 1.54) is 12.7 Å². The number of fused-ring (bicyclic) bond motifs is 1. The van der Waals surface area contributed by atoms with Gasteiger partial charge in [0.15, 0.2) is 0 Å². The maximum atomic E-state index is 11.5. The molecule has 1 aromatic heterocycles. The molecule has 0 saturated carbocycles. The minimum atomic E-state index is -0.172. The lowest BCUT2D eigenvalue weighted by atomic mass is 10.2. The number of imidazole rings is 1. The molecule has 0 bridgehead atoms. The molecule has 5 nitrogen and oxygen atoms in total. The number of aromatic amines is 1. The molecule has 0 unspecified atom stereocenters. The monoisotopic (exact) mass is 295 g/mol. The Labute approximate surface area is 128 Å². The fourth-order valence-corrected chi connectivity index (χ4v) is 2.30. The van der Waals surface area contributed by atoms with Crippen LogP contribution < -0.4 is 5.32 Å². The Hall–Kier alpha value is -2.66. The SMILES string of the molecule is COCC(=O)Nc1ccc(-c2nc3ccc(C)cc3[nH]2)cc1. The zero-order chi connectivity index (χ0) is 15.5. The molecule has 0 atom stereocenters. The van der Waals surface area contributed by atoms with Crippen LogP contribution in [0.1, 0.15) is 5.56 Å². The van der Waals surface area contributed by atoms with Gasteiger partial charge >= 0.3 is 0 Å². The predicted octanol–water partition coefficient (Wildman–Crippen LogP) is 3.12. The lowest BCUT2D eigenvalue weighted by Gasteiger charge is -2.04. The van der Waals surface area contributed by atoms with E-state index in [1.54, 1.807) is 0 Å². The molecule has 5 heteroatoms. The highest BCUT2D eigenvalue weighted by molar-refractivity contribution is 5.92. The number of aromatic nitrogens is 2. The number of rotatable bonds is 4. The van der Waals surface area contributed by atoms with Gasteiger partial charge in [-0.15, -0.1) is 0 Å². The van der Waals surface area contributed by atoms with Gasteiger partial charge in [0.2, 0.25) is 5.91 Å². The largest absolute Gasteiger partial charge is 0.375 e. The highest BCUT2D eigenvalue weighted by Crippen LogP contribution is 2.22. The molecule has 0 aliphatic heterocycles. The standard InChI is InChI=1S/C17H17N3O2/c1-11-3-8-14-15(9-11)20-17(19-14)12-4-6-13(7-5-12)18-16(21)10-22-2/h3-9H,10H2,1-2H3,(H,18,21)(H,19,20). The maximum Gasteiger partial charge on any atom is 0.250 e. The van der Waals surface area contributed by atoms with Crippen LogP contribution in [0.15, 0.2) is 42.5 Å². The fourth-order valence-electron chi connectivity index (χ4n) is 2.30. The van der Waals surface area contributed by atoms with Gasteiger partial charge in [0.1, 0.15) is 12.4 Å². The summed E-state index contributed by atoms with van der Waals surface area (Å²) in [6.45, 7) is 2.10. The zero-order valence-corrected chi connectivity index (χ0v) is 12.5. The van der Waals surface area contributed by atoms with Crippen molar-refractivity contribution in [2.24, 2.45) is 0 Å². The van der Waals surface area contributed by atoms with Gasteiger partial charge in [-0.3, -0.25) is 4.79 Å². The first-order valence-corrected chi connectivity index (χ1v) is 7.01. The van der Waals surface area contributed by atoms with Crippen LogP contribution in [0.5, 0.6) is 0 Å². The van der Waals surface area contributed by atoms with E-state index in [4.69, 9.17) is 4.74 Å². The zero-order valence-electron chi connectivity index (χ0n) is 12.5. The lowest BCUT2D eigenvalue weighted by molar-refractivity contribution is -0.119. The predicted molar refractivity (Wildman–Crippen MR) is 86.8 cm³/mol. The molecule has 0 radical (unpaired) electrons. The maximum absolute atomic E-state index is 11.5. The van der Waals surface area contributed by atoms with Crippen LogP contribution in [0.2, 0.25) is 0 Å². The second kappa shape index (κ2) is 5.99. The third-order valence-corrected chi connectivity index (χ3v) is 3.35. The minimum absolute atomic E-state index is 0.0463. The topological polar surface area (TPSA) is 67.0 Å². The summed E-state index contributed by atoms with van der Waals surface area (Å²) >= 11 is 0. The average molecular weight is 295 g/mol. The van der Waals surface area contributed by atoms with Crippen molar-refractivity contribution < 1.29 is 9.53 Å². The third-order valence-electron chi connectivity index (χ3n) is 3.35. The summed E-state index contributed by atoms with van der Waals surface area (Å²) in [7, 11) is 1.49. The van der Waals surface area contributed by atoms with Gasteiger partial charge in [-0.1, -0.05) is 6.07 Å². The first-order valence-electron chi connectivity index (χ1n) is 7.01. The number of H-pyrrole nitrogens is 1. The molecule has 112 valence electrons. The summed E-state index contributed by atoms with van der Waals surface area (Å²) in [5.41, 5.74) is 4.86. The van der Waals surface area contributed by atoms with Crippen molar-refractivity contribution in [3.8, 4) is 11.4 Å². The quantitative estimate of drug-likeness (QED) is 0.777. The Morgan fingerprint density at radius 3 is 2.73 bits per heavy atom. The summed E-state index contributed by atoms with van der Waals surface area (Å²) < 4.78 is 4.79. The number of carbonyl (C=O) groups excluding carboxylic acids is 1.